The van der Waals surface area contributed by atoms with E-state index in [1.807, 2.05) is 84.9 Å². The molecule has 3 amide bonds. The number of rotatable bonds is 16. The number of hydrogen-bond acceptors (Lipinski definition) is 7. The SMILES string of the molecule is CC(C)(C)[Si](C)(C)OC(CNCc1cccc(CNC(=O)NCCN2CCC(C(C(N)=O)(c3ccccc3)c3ccccc3)C2)c1)c1ccc(O)c2[nH]c(=O)ccc12. The molecule has 1 fully saturated rings. The van der Waals surface area contributed by atoms with Crippen LogP contribution < -0.4 is 27.2 Å². The molecular formula is C46H58N6O5Si. The Morgan fingerprint density at radius 3 is 2.19 bits per heavy atom. The third-order valence-electron chi connectivity index (χ3n) is 12.0. The van der Waals surface area contributed by atoms with Crippen molar-refractivity contribution in [2.45, 2.75) is 69.9 Å². The first-order chi connectivity index (χ1) is 27.7. The van der Waals surface area contributed by atoms with Gasteiger partial charge in [-0.05, 0) is 77.0 Å². The van der Waals surface area contributed by atoms with Gasteiger partial charge in [0.2, 0.25) is 11.5 Å². The van der Waals surface area contributed by atoms with Crippen molar-refractivity contribution in [2.24, 2.45) is 11.7 Å². The van der Waals surface area contributed by atoms with E-state index in [9.17, 15) is 19.5 Å². The van der Waals surface area contributed by atoms with Gasteiger partial charge in [0.05, 0.1) is 11.6 Å². The summed E-state index contributed by atoms with van der Waals surface area (Å²) in [5.41, 5.74) is 10.2. The molecule has 0 aliphatic carbocycles. The number of phenolic OH excluding ortho intramolecular Hbond substituents is 1. The number of H-pyrrole nitrogens is 1. The molecule has 1 aromatic heterocycles. The summed E-state index contributed by atoms with van der Waals surface area (Å²) < 4.78 is 6.95. The van der Waals surface area contributed by atoms with Crippen LogP contribution in [0.3, 0.4) is 0 Å². The van der Waals surface area contributed by atoms with Crippen molar-refractivity contribution in [3.63, 3.8) is 0 Å². The van der Waals surface area contributed by atoms with Crippen molar-refractivity contribution < 1.29 is 19.1 Å². The van der Waals surface area contributed by atoms with Crippen molar-refractivity contribution in [1.29, 1.82) is 0 Å². The predicted octanol–water partition coefficient (Wildman–Crippen LogP) is 6.68. The second-order valence-electron chi connectivity index (χ2n) is 16.9. The number of aromatic hydroxyl groups is 1. The van der Waals surface area contributed by atoms with Crippen molar-refractivity contribution in [3.8, 4) is 5.75 Å². The zero-order valence-corrected chi connectivity index (χ0v) is 35.3. The summed E-state index contributed by atoms with van der Waals surface area (Å²) in [6.45, 7) is 15.1. The van der Waals surface area contributed by atoms with Crippen LogP contribution in [0.5, 0.6) is 5.75 Å². The number of carbonyl (C=O) groups excluding carboxylic acids is 2. The first-order valence-corrected chi connectivity index (χ1v) is 23.1. The summed E-state index contributed by atoms with van der Waals surface area (Å²) in [7, 11) is -2.22. The minimum absolute atomic E-state index is 0.0134. The van der Waals surface area contributed by atoms with Crippen LogP contribution in [-0.2, 0) is 27.7 Å². The van der Waals surface area contributed by atoms with Crippen LogP contribution in [0.15, 0.2) is 114 Å². The van der Waals surface area contributed by atoms with Gasteiger partial charge in [0.1, 0.15) is 11.2 Å². The Morgan fingerprint density at radius 2 is 1.55 bits per heavy atom. The van der Waals surface area contributed by atoms with Gasteiger partial charge < -0.3 is 41.1 Å². The lowest BCUT2D eigenvalue weighted by Crippen LogP contribution is -2.49. The van der Waals surface area contributed by atoms with Gasteiger partial charge in [-0.3, -0.25) is 9.59 Å². The van der Waals surface area contributed by atoms with Gasteiger partial charge >= 0.3 is 6.03 Å². The minimum atomic E-state index is -2.22. The third-order valence-corrected chi connectivity index (χ3v) is 16.5. The lowest BCUT2D eigenvalue weighted by atomic mass is 9.64. The average molecular weight is 803 g/mol. The van der Waals surface area contributed by atoms with Gasteiger partial charge in [-0.25, -0.2) is 4.79 Å². The first kappa shape index (κ1) is 42.3. The fourth-order valence-electron chi connectivity index (χ4n) is 7.97. The summed E-state index contributed by atoms with van der Waals surface area (Å²) in [5.74, 6) is -0.345. The number of likely N-dealkylation sites (tertiary alicyclic amines) is 1. The molecule has 0 radical (unpaired) electrons. The molecule has 2 atom stereocenters. The number of fused-ring (bicyclic) bond motifs is 1. The van der Waals surface area contributed by atoms with Gasteiger partial charge in [-0.15, -0.1) is 0 Å². The number of nitrogens with one attached hydrogen (secondary N) is 4. The quantitative estimate of drug-likeness (QED) is 0.0607. The Labute approximate surface area is 342 Å². The topological polar surface area (TPSA) is 162 Å². The highest BCUT2D eigenvalue weighted by Gasteiger charge is 2.49. The molecular weight excluding hydrogens is 745 g/mol. The van der Waals surface area contributed by atoms with Crippen molar-refractivity contribution in [3.05, 3.63) is 147 Å². The minimum Gasteiger partial charge on any atom is -0.506 e. The van der Waals surface area contributed by atoms with Crippen molar-refractivity contribution in [2.75, 3.05) is 32.7 Å². The Balaban J connectivity index is 1.02. The number of hydrogen-bond donors (Lipinski definition) is 6. The average Bonchev–Trinajstić information content (AvgIpc) is 3.66. The number of phenols is 1. The summed E-state index contributed by atoms with van der Waals surface area (Å²) in [6.07, 6.45) is 0.484. The molecule has 4 aromatic carbocycles. The molecule has 306 valence electrons. The van der Waals surface area contributed by atoms with E-state index in [0.29, 0.717) is 44.8 Å². The highest BCUT2D eigenvalue weighted by Crippen LogP contribution is 2.44. The molecule has 5 aromatic rings. The van der Waals surface area contributed by atoms with Crippen LogP contribution in [0.2, 0.25) is 18.1 Å². The number of pyridine rings is 1. The fourth-order valence-corrected chi connectivity index (χ4v) is 9.25. The number of amides is 3. The molecule has 58 heavy (non-hydrogen) atoms. The monoisotopic (exact) mass is 802 g/mol. The Bertz CT molecular complexity index is 2200. The molecule has 0 bridgehead atoms. The van der Waals surface area contributed by atoms with Crippen LogP contribution in [0.1, 0.15) is 61.1 Å². The van der Waals surface area contributed by atoms with Crippen LogP contribution in [0.25, 0.3) is 10.9 Å². The second kappa shape index (κ2) is 18.1. The van der Waals surface area contributed by atoms with E-state index < -0.39 is 13.7 Å². The number of urea groups is 1. The van der Waals surface area contributed by atoms with E-state index in [1.54, 1.807) is 12.1 Å². The normalized spacial score (nSPS) is 15.6. The standard InChI is InChI=1S/C46H58N6O5Si/c1-45(2,3)58(4,5)57-40(37-19-21-39(53)42-38(37)20-22-41(54)51-42)30-48-28-32-13-12-14-33(27-32)29-50-44(56)49-24-26-52-25-23-36(31-52)46(43(47)55,34-15-8-6-9-16-34)35-17-10-7-11-18-35/h6-22,27,36,40,48,53H,23-26,28-31H2,1-5H3,(H2,47,55)(H,51,54)(H2,49,50,56). The Morgan fingerprint density at radius 1 is 0.897 bits per heavy atom. The first-order valence-electron chi connectivity index (χ1n) is 20.2. The van der Waals surface area contributed by atoms with E-state index in [2.05, 4.69) is 65.8 Å². The van der Waals surface area contributed by atoms with E-state index in [0.717, 1.165) is 46.2 Å². The molecule has 1 aliphatic rings. The second-order valence-corrected chi connectivity index (χ2v) is 21.7. The molecule has 6 rings (SSSR count). The third kappa shape index (κ3) is 9.53. The molecule has 1 saturated heterocycles. The lowest BCUT2D eigenvalue weighted by molar-refractivity contribution is -0.123. The Kier molecular flexibility index (Phi) is 13.2. The van der Waals surface area contributed by atoms with Gasteiger partial charge in [0.15, 0.2) is 8.32 Å². The van der Waals surface area contributed by atoms with E-state index in [4.69, 9.17) is 10.2 Å². The molecule has 0 saturated carbocycles. The maximum Gasteiger partial charge on any atom is 0.315 e. The molecule has 2 unspecified atom stereocenters. The van der Waals surface area contributed by atoms with Crippen LogP contribution in [-0.4, -0.2) is 68.0 Å². The summed E-state index contributed by atoms with van der Waals surface area (Å²) in [6, 6.07) is 34.2. The number of nitrogens with zero attached hydrogens (tertiary/aromatic N) is 1. The number of primary amides is 1. The van der Waals surface area contributed by atoms with Gasteiger partial charge in [0, 0.05) is 50.7 Å². The van der Waals surface area contributed by atoms with E-state index in [-0.39, 0.29) is 40.3 Å². The summed E-state index contributed by atoms with van der Waals surface area (Å²) >= 11 is 0. The largest absolute Gasteiger partial charge is 0.506 e. The predicted molar refractivity (Wildman–Crippen MR) is 233 cm³/mol. The molecule has 2 heterocycles. The maximum absolute atomic E-state index is 13.4. The number of benzene rings is 4. The van der Waals surface area contributed by atoms with Crippen LogP contribution in [0, 0.1) is 5.92 Å². The number of nitrogens with two attached hydrogens (primary N) is 1. The van der Waals surface area contributed by atoms with Crippen LogP contribution in [0.4, 0.5) is 4.79 Å². The lowest BCUT2D eigenvalue weighted by Gasteiger charge is -2.39. The van der Waals surface area contributed by atoms with Gasteiger partial charge in [-0.2, -0.15) is 0 Å². The van der Waals surface area contributed by atoms with Crippen LogP contribution >= 0.6 is 0 Å². The Hall–Kier alpha value is -5.27. The molecule has 1 aliphatic heterocycles. The molecule has 11 nitrogen and oxygen atoms in total. The smallest absolute Gasteiger partial charge is 0.315 e. The highest BCUT2D eigenvalue weighted by molar-refractivity contribution is 6.74. The molecule has 0 spiro atoms. The number of aromatic amines is 1. The van der Waals surface area contributed by atoms with E-state index in [1.165, 1.54) is 6.07 Å². The molecule has 12 heteroatoms. The highest BCUT2D eigenvalue weighted by atomic mass is 28.4. The molecule has 7 N–H and O–H groups in total. The van der Waals surface area contributed by atoms with Gasteiger partial charge in [0.25, 0.3) is 0 Å². The van der Waals surface area contributed by atoms with Gasteiger partial charge in [-0.1, -0.05) is 112 Å². The summed E-state index contributed by atoms with van der Waals surface area (Å²) in [5, 5.41) is 20.8. The summed E-state index contributed by atoms with van der Waals surface area (Å²) in [4.78, 5) is 43.5. The number of carbonyl (C=O) groups is 2. The van der Waals surface area contributed by atoms with Crippen molar-refractivity contribution in [1.82, 2.24) is 25.8 Å². The zero-order valence-electron chi connectivity index (χ0n) is 34.3. The zero-order chi connectivity index (χ0) is 41.5. The fraction of sp³-hybridized carbons (Fsp3) is 0.370. The van der Waals surface area contributed by atoms with E-state index >= 15 is 0 Å². The maximum atomic E-state index is 13.4. The van der Waals surface area contributed by atoms with Crippen molar-refractivity contribution >= 4 is 31.2 Å². The number of aromatic nitrogens is 1.